The van der Waals surface area contributed by atoms with E-state index in [1.165, 1.54) is 0 Å². The Morgan fingerprint density at radius 1 is 1.18 bits per heavy atom. The molecule has 2 aromatic carbocycles. The van der Waals surface area contributed by atoms with Gasteiger partial charge in [0.25, 0.3) is 5.91 Å². The minimum atomic E-state index is -1.12. The summed E-state index contributed by atoms with van der Waals surface area (Å²) in [6.07, 6.45) is 0. The van der Waals surface area contributed by atoms with Crippen LogP contribution >= 0.6 is 0 Å². The highest BCUT2D eigenvalue weighted by molar-refractivity contribution is 6.05. The van der Waals surface area contributed by atoms with Gasteiger partial charge >= 0.3 is 5.97 Å². The van der Waals surface area contributed by atoms with Gasteiger partial charge in [-0.2, -0.15) is 0 Å². The van der Waals surface area contributed by atoms with Crippen molar-refractivity contribution in [3.63, 3.8) is 0 Å². The highest BCUT2D eigenvalue weighted by Crippen LogP contribution is 2.22. The number of hydrogen-bond donors (Lipinski definition) is 2. The molecule has 0 aliphatic rings. The third kappa shape index (κ3) is 3.19. The molecule has 0 radical (unpaired) electrons. The Labute approximate surface area is 129 Å². The number of hydrogen-bond acceptors (Lipinski definition) is 4. The number of fused-ring (bicyclic) bond motifs is 1. The minimum absolute atomic E-state index is 0.260. The van der Waals surface area contributed by atoms with Crippen LogP contribution in [0.15, 0.2) is 36.4 Å². The Kier molecular flexibility index (Phi) is 4.35. The van der Waals surface area contributed by atoms with E-state index in [4.69, 9.17) is 10.5 Å². The van der Waals surface area contributed by atoms with Crippen LogP contribution in [0.4, 0.5) is 5.69 Å². The van der Waals surface area contributed by atoms with E-state index >= 15 is 0 Å². The van der Waals surface area contributed by atoms with E-state index in [0.29, 0.717) is 11.3 Å². The summed E-state index contributed by atoms with van der Waals surface area (Å²) in [5.74, 6) is -0.885. The number of amides is 1. The smallest absolute Gasteiger partial charge is 0.331 e. The summed E-state index contributed by atoms with van der Waals surface area (Å²) in [4.78, 5) is 24.3. The SMILES string of the molecule is CCOC(=O)C(C)(C)NC(=O)c1cc2ccccc2cc1N. The normalized spacial score (nSPS) is 11.2. The fourth-order valence-corrected chi connectivity index (χ4v) is 2.17. The summed E-state index contributed by atoms with van der Waals surface area (Å²) in [7, 11) is 0. The molecule has 0 fully saturated rings. The minimum Gasteiger partial charge on any atom is -0.464 e. The number of anilines is 1. The van der Waals surface area contributed by atoms with Crippen LogP contribution in [0.25, 0.3) is 10.8 Å². The topological polar surface area (TPSA) is 81.4 Å². The van der Waals surface area contributed by atoms with E-state index in [0.717, 1.165) is 10.8 Å². The van der Waals surface area contributed by atoms with Crippen LogP contribution in [-0.4, -0.2) is 24.0 Å². The number of carbonyl (C=O) groups excluding carboxylic acids is 2. The number of ether oxygens (including phenoxy) is 1. The van der Waals surface area contributed by atoms with Gasteiger partial charge < -0.3 is 15.8 Å². The van der Waals surface area contributed by atoms with E-state index < -0.39 is 17.4 Å². The highest BCUT2D eigenvalue weighted by atomic mass is 16.5. The number of nitrogen functional groups attached to an aromatic ring is 1. The van der Waals surface area contributed by atoms with Crippen LogP contribution in [0.3, 0.4) is 0 Å². The molecule has 0 bridgehead atoms. The van der Waals surface area contributed by atoms with Gasteiger partial charge in [-0.05, 0) is 43.7 Å². The Morgan fingerprint density at radius 3 is 2.36 bits per heavy atom. The maximum atomic E-state index is 12.4. The molecule has 0 atom stereocenters. The molecule has 2 aromatic rings. The predicted octanol–water partition coefficient (Wildman–Crippen LogP) is 2.49. The number of nitrogens with one attached hydrogen (secondary N) is 1. The third-order valence-corrected chi connectivity index (χ3v) is 3.37. The molecule has 5 heteroatoms. The lowest BCUT2D eigenvalue weighted by atomic mass is 10.0. The number of nitrogens with two attached hydrogens (primary N) is 1. The average Bonchev–Trinajstić information content (AvgIpc) is 2.46. The summed E-state index contributed by atoms with van der Waals surface area (Å²) in [6, 6.07) is 11.1. The van der Waals surface area contributed by atoms with Crippen molar-refractivity contribution in [2.75, 3.05) is 12.3 Å². The zero-order valence-electron chi connectivity index (χ0n) is 13.0. The van der Waals surface area contributed by atoms with Crippen LogP contribution in [-0.2, 0) is 9.53 Å². The van der Waals surface area contributed by atoms with Crippen molar-refractivity contribution in [2.24, 2.45) is 0 Å². The third-order valence-electron chi connectivity index (χ3n) is 3.37. The van der Waals surface area contributed by atoms with E-state index in [9.17, 15) is 9.59 Å². The fraction of sp³-hybridized carbons (Fsp3) is 0.294. The van der Waals surface area contributed by atoms with Gasteiger partial charge in [0.1, 0.15) is 5.54 Å². The lowest BCUT2D eigenvalue weighted by molar-refractivity contribution is -0.149. The van der Waals surface area contributed by atoms with Crippen molar-refractivity contribution in [3.05, 3.63) is 42.0 Å². The zero-order chi connectivity index (χ0) is 16.3. The quantitative estimate of drug-likeness (QED) is 0.671. The van der Waals surface area contributed by atoms with Gasteiger partial charge in [-0.3, -0.25) is 4.79 Å². The molecule has 0 unspecified atom stereocenters. The predicted molar refractivity (Wildman–Crippen MR) is 86.5 cm³/mol. The van der Waals surface area contributed by atoms with Crippen LogP contribution < -0.4 is 11.1 Å². The second-order valence-corrected chi connectivity index (χ2v) is 5.59. The molecule has 0 spiro atoms. The first-order valence-electron chi connectivity index (χ1n) is 7.13. The molecule has 0 heterocycles. The van der Waals surface area contributed by atoms with Crippen molar-refractivity contribution >= 4 is 28.3 Å². The van der Waals surface area contributed by atoms with Gasteiger partial charge in [-0.25, -0.2) is 4.79 Å². The standard InChI is InChI=1S/C17H20N2O3/c1-4-22-16(21)17(2,3)19-15(20)13-9-11-7-5-6-8-12(11)10-14(13)18/h5-10H,4,18H2,1-3H3,(H,19,20). The maximum absolute atomic E-state index is 12.4. The van der Waals surface area contributed by atoms with Gasteiger partial charge in [0, 0.05) is 5.69 Å². The van der Waals surface area contributed by atoms with Gasteiger partial charge in [0.2, 0.25) is 0 Å². The highest BCUT2D eigenvalue weighted by Gasteiger charge is 2.31. The van der Waals surface area contributed by atoms with Gasteiger partial charge in [-0.1, -0.05) is 24.3 Å². The summed E-state index contributed by atoms with van der Waals surface area (Å²) < 4.78 is 4.96. The van der Waals surface area contributed by atoms with Crippen LogP contribution in [0.1, 0.15) is 31.1 Å². The van der Waals surface area contributed by atoms with Crippen LogP contribution in [0.5, 0.6) is 0 Å². The second kappa shape index (κ2) is 6.05. The van der Waals surface area contributed by atoms with Crippen LogP contribution in [0.2, 0.25) is 0 Å². The first-order chi connectivity index (χ1) is 10.3. The Morgan fingerprint density at radius 2 is 1.77 bits per heavy atom. The molecule has 0 aliphatic carbocycles. The monoisotopic (exact) mass is 300 g/mol. The first-order valence-corrected chi connectivity index (χ1v) is 7.13. The number of benzene rings is 2. The fourth-order valence-electron chi connectivity index (χ4n) is 2.17. The van der Waals surface area contributed by atoms with Crippen molar-refractivity contribution in [1.82, 2.24) is 5.32 Å². The molecular weight excluding hydrogens is 280 g/mol. The molecule has 5 nitrogen and oxygen atoms in total. The van der Waals surface area contributed by atoms with E-state index in [2.05, 4.69) is 5.32 Å². The van der Waals surface area contributed by atoms with Crippen LogP contribution in [0, 0.1) is 0 Å². The van der Waals surface area contributed by atoms with E-state index in [1.54, 1.807) is 32.9 Å². The van der Waals surface area contributed by atoms with Crippen molar-refractivity contribution in [3.8, 4) is 0 Å². The van der Waals surface area contributed by atoms with Crippen molar-refractivity contribution in [2.45, 2.75) is 26.3 Å². The zero-order valence-corrected chi connectivity index (χ0v) is 13.0. The number of carbonyl (C=O) groups is 2. The molecule has 2 rings (SSSR count). The first kappa shape index (κ1) is 15.8. The van der Waals surface area contributed by atoms with Gasteiger partial charge in [0.05, 0.1) is 12.2 Å². The Hall–Kier alpha value is -2.56. The lowest BCUT2D eigenvalue weighted by Crippen LogP contribution is -2.50. The largest absolute Gasteiger partial charge is 0.464 e. The van der Waals surface area contributed by atoms with E-state index in [1.807, 2.05) is 24.3 Å². The average molecular weight is 300 g/mol. The van der Waals surface area contributed by atoms with Gasteiger partial charge in [-0.15, -0.1) is 0 Å². The number of esters is 1. The van der Waals surface area contributed by atoms with Crippen molar-refractivity contribution < 1.29 is 14.3 Å². The summed E-state index contributed by atoms with van der Waals surface area (Å²) in [5, 5.41) is 4.54. The van der Waals surface area contributed by atoms with Crippen molar-refractivity contribution in [1.29, 1.82) is 0 Å². The Balaban J connectivity index is 2.30. The maximum Gasteiger partial charge on any atom is 0.331 e. The summed E-state index contributed by atoms with van der Waals surface area (Å²) >= 11 is 0. The molecule has 3 N–H and O–H groups in total. The molecule has 116 valence electrons. The lowest BCUT2D eigenvalue weighted by Gasteiger charge is -2.24. The molecular formula is C17H20N2O3. The van der Waals surface area contributed by atoms with Gasteiger partial charge in [0.15, 0.2) is 0 Å². The second-order valence-electron chi connectivity index (χ2n) is 5.59. The summed E-state index contributed by atoms with van der Waals surface area (Å²) in [6.45, 7) is 5.17. The molecule has 22 heavy (non-hydrogen) atoms. The molecule has 1 amide bonds. The molecule has 0 saturated heterocycles. The molecule has 0 saturated carbocycles. The Bertz CT molecular complexity index is 723. The van der Waals surface area contributed by atoms with E-state index in [-0.39, 0.29) is 6.61 Å². The molecule has 0 aliphatic heterocycles. The molecule has 0 aromatic heterocycles. The summed E-state index contributed by atoms with van der Waals surface area (Å²) in [5.41, 5.74) is 5.56. The number of rotatable bonds is 4.